The van der Waals surface area contributed by atoms with E-state index in [1.54, 1.807) is 35.6 Å². The monoisotopic (exact) mass is 335 g/mol. The van der Waals surface area contributed by atoms with Crippen molar-refractivity contribution in [3.8, 4) is 0 Å². The van der Waals surface area contributed by atoms with Crippen LogP contribution in [0.1, 0.15) is 25.6 Å². The van der Waals surface area contributed by atoms with Crippen molar-refractivity contribution in [2.75, 3.05) is 20.1 Å². The second-order valence-electron chi connectivity index (χ2n) is 5.40. The Morgan fingerprint density at radius 2 is 1.73 bits per heavy atom. The minimum atomic E-state index is -0.187. The van der Waals surface area contributed by atoms with Gasteiger partial charge in [0.15, 0.2) is 0 Å². The van der Waals surface area contributed by atoms with Gasteiger partial charge in [0, 0.05) is 0 Å². The molecule has 0 saturated heterocycles. The lowest BCUT2D eigenvalue weighted by Gasteiger charge is -2.17. The van der Waals surface area contributed by atoms with E-state index in [9.17, 15) is 9.59 Å². The summed E-state index contributed by atoms with van der Waals surface area (Å²) in [5.74, 6) is -0.375. The number of hydrogen-bond donors (Lipinski definition) is 1. The topological polar surface area (TPSA) is 41.8 Å². The maximum Gasteiger partial charge on any atom is 0.261 e. The van der Waals surface area contributed by atoms with Crippen LogP contribution in [0.3, 0.4) is 0 Å². The zero-order valence-electron chi connectivity index (χ0n) is 12.1. The van der Waals surface area contributed by atoms with Crippen molar-refractivity contribution in [2.24, 2.45) is 0 Å². The van der Waals surface area contributed by atoms with E-state index in [0.717, 1.165) is 10.9 Å². The van der Waals surface area contributed by atoms with Crippen LogP contribution in [0.15, 0.2) is 36.4 Å². The highest BCUT2D eigenvalue weighted by Crippen LogP contribution is 2.22. The summed E-state index contributed by atoms with van der Waals surface area (Å²) in [5.41, 5.74) is 1.02. The molecule has 6 heteroatoms. The van der Waals surface area contributed by atoms with E-state index < -0.39 is 0 Å². The van der Waals surface area contributed by atoms with Gasteiger partial charge in [-0.05, 0) is 24.3 Å². The highest BCUT2D eigenvalue weighted by Gasteiger charge is 2.35. The molecule has 22 heavy (non-hydrogen) atoms. The number of carbonyl (C=O) groups is 2. The molecule has 1 aliphatic rings. The largest absolute Gasteiger partial charge is 0.331 e. The van der Waals surface area contributed by atoms with E-state index in [0.29, 0.717) is 24.2 Å². The van der Waals surface area contributed by atoms with Gasteiger partial charge in [0.25, 0.3) is 11.8 Å². The summed E-state index contributed by atoms with van der Waals surface area (Å²) in [4.78, 5) is 28.3. The quantitative estimate of drug-likeness (QED) is 0.845. The molecule has 1 aromatic carbocycles. The fraction of sp³-hybridized carbons (Fsp3) is 0.250. The normalized spacial score (nSPS) is 15.3. The van der Waals surface area contributed by atoms with Crippen LogP contribution in [-0.2, 0) is 6.54 Å². The molecule has 0 radical (unpaired) electrons. The minimum Gasteiger partial charge on any atom is -0.331 e. The molecule has 1 atom stereocenters. The van der Waals surface area contributed by atoms with E-state index in [1.165, 1.54) is 14.7 Å². The third kappa shape index (κ3) is 2.92. The van der Waals surface area contributed by atoms with Crippen molar-refractivity contribution in [3.63, 3.8) is 0 Å². The number of hydrogen-bond acceptors (Lipinski definition) is 3. The van der Waals surface area contributed by atoms with Crippen molar-refractivity contribution in [1.82, 2.24) is 4.90 Å². The molecule has 2 heterocycles. The van der Waals surface area contributed by atoms with Crippen LogP contribution in [0.4, 0.5) is 0 Å². The Morgan fingerprint density at radius 1 is 1.09 bits per heavy atom. The first-order valence-corrected chi connectivity index (χ1v) is 8.26. The van der Waals surface area contributed by atoms with Crippen LogP contribution in [0.2, 0.25) is 4.34 Å². The van der Waals surface area contributed by atoms with E-state index in [4.69, 9.17) is 11.6 Å². The molecule has 3 rings (SSSR count). The molecular formula is C16H16ClN2O2S+. The summed E-state index contributed by atoms with van der Waals surface area (Å²) >= 11 is 7.49. The molecule has 2 aromatic rings. The van der Waals surface area contributed by atoms with E-state index in [1.807, 2.05) is 19.2 Å². The van der Waals surface area contributed by atoms with Gasteiger partial charge in [0.2, 0.25) is 0 Å². The summed E-state index contributed by atoms with van der Waals surface area (Å²) < 4.78 is 0.781. The van der Waals surface area contributed by atoms with E-state index >= 15 is 0 Å². The van der Waals surface area contributed by atoms with Gasteiger partial charge in [0.1, 0.15) is 6.54 Å². The van der Waals surface area contributed by atoms with Gasteiger partial charge in [-0.3, -0.25) is 14.5 Å². The molecule has 0 spiro atoms. The zero-order chi connectivity index (χ0) is 15.7. The number of benzene rings is 1. The Balaban J connectivity index is 1.60. The molecule has 1 N–H and O–H groups in total. The SMILES string of the molecule is C[NH+](CCN1C(=O)c2ccccc2C1=O)Cc1ccc(Cl)s1. The number of thiophene rings is 1. The predicted molar refractivity (Wildman–Crippen MR) is 86.6 cm³/mol. The van der Waals surface area contributed by atoms with Gasteiger partial charge in [-0.2, -0.15) is 0 Å². The highest BCUT2D eigenvalue weighted by molar-refractivity contribution is 7.16. The fourth-order valence-electron chi connectivity index (χ4n) is 2.58. The average molecular weight is 336 g/mol. The summed E-state index contributed by atoms with van der Waals surface area (Å²) in [7, 11) is 2.05. The number of likely N-dealkylation sites (N-methyl/N-ethyl adjacent to an activating group) is 1. The van der Waals surface area contributed by atoms with Gasteiger partial charge in [-0.1, -0.05) is 23.7 Å². The van der Waals surface area contributed by atoms with Crippen molar-refractivity contribution in [2.45, 2.75) is 6.54 Å². The summed E-state index contributed by atoms with van der Waals surface area (Å²) in [6.45, 7) is 1.97. The number of nitrogens with one attached hydrogen (secondary N) is 1. The Morgan fingerprint density at radius 3 is 2.27 bits per heavy atom. The van der Waals surface area contributed by atoms with E-state index in [2.05, 4.69) is 0 Å². The lowest BCUT2D eigenvalue weighted by atomic mass is 10.1. The molecular weight excluding hydrogens is 320 g/mol. The van der Waals surface area contributed by atoms with Gasteiger partial charge < -0.3 is 4.90 Å². The zero-order valence-corrected chi connectivity index (χ0v) is 13.7. The molecule has 114 valence electrons. The van der Waals surface area contributed by atoms with Crippen LogP contribution in [0.5, 0.6) is 0 Å². The molecule has 0 bridgehead atoms. The van der Waals surface area contributed by atoms with Gasteiger partial charge >= 0.3 is 0 Å². The average Bonchev–Trinajstić information content (AvgIpc) is 3.01. The first kappa shape index (κ1) is 15.2. The number of imide groups is 1. The number of fused-ring (bicyclic) bond motifs is 1. The predicted octanol–water partition coefficient (Wildman–Crippen LogP) is 1.71. The second kappa shape index (κ2) is 6.20. The van der Waals surface area contributed by atoms with Crippen LogP contribution in [-0.4, -0.2) is 36.9 Å². The van der Waals surface area contributed by atoms with Crippen LogP contribution >= 0.6 is 22.9 Å². The van der Waals surface area contributed by atoms with Crippen molar-refractivity contribution < 1.29 is 14.5 Å². The Labute approximate surface area is 137 Å². The molecule has 2 amide bonds. The molecule has 4 nitrogen and oxygen atoms in total. The third-order valence-corrected chi connectivity index (χ3v) is 4.98. The molecule has 1 aliphatic heterocycles. The fourth-order valence-corrected chi connectivity index (χ4v) is 3.78. The smallest absolute Gasteiger partial charge is 0.261 e. The maximum absolute atomic E-state index is 12.3. The minimum absolute atomic E-state index is 0.187. The Kier molecular flexibility index (Phi) is 4.29. The Bertz CT molecular complexity index is 693. The molecule has 1 aromatic heterocycles. The second-order valence-corrected chi connectivity index (χ2v) is 7.20. The number of nitrogens with zero attached hydrogens (tertiary/aromatic N) is 1. The number of rotatable bonds is 5. The summed E-state index contributed by atoms with van der Waals surface area (Å²) in [5, 5.41) is 0. The van der Waals surface area contributed by atoms with Crippen LogP contribution in [0.25, 0.3) is 0 Å². The first-order chi connectivity index (χ1) is 10.6. The Hall–Kier alpha value is -1.69. The van der Waals surface area contributed by atoms with Crippen molar-refractivity contribution in [1.29, 1.82) is 0 Å². The van der Waals surface area contributed by atoms with E-state index in [-0.39, 0.29) is 11.8 Å². The number of quaternary nitrogens is 1. The molecule has 0 aliphatic carbocycles. The lowest BCUT2D eigenvalue weighted by molar-refractivity contribution is -0.892. The standard InChI is InChI=1S/C16H15ClN2O2S/c1-18(10-11-6-7-14(17)22-11)8-9-19-15(20)12-4-2-3-5-13(12)16(19)21/h2-7H,8-10H2,1H3/p+1. The lowest BCUT2D eigenvalue weighted by Crippen LogP contribution is -3.08. The van der Waals surface area contributed by atoms with Crippen LogP contribution < -0.4 is 4.90 Å². The highest BCUT2D eigenvalue weighted by atomic mass is 35.5. The number of amides is 2. The van der Waals surface area contributed by atoms with Gasteiger partial charge in [-0.25, -0.2) is 0 Å². The van der Waals surface area contributed by atoms with Crippen LogP contribution in [0, 0.1) is 0 Å². The van der Waals surface area contributed by atoms with Crippen molar-refractivity contribution in [3.05, 3.63) is 56.7 Å². The van der Waals surface area contributed by atoms with Gasteiger partial charge in [0.05, 0.1) is 40.5 Å². The molecule has 0 fully saturated rings. The van der Waals surface area contributed by atoms with Crippen molar-refractivity contribution >= 4 is 34.8 Å². The first-order valence-electron chi connectivity index (χ1n) is 7.07. The van der Waals surface area contributed by atoms with Gasteiger partial charge in [-0.15, -0.1) is 11.3 Å². The summed E-state index contributed by atoms with van der Waals surface area (Å²) in [6, 6.07) is 10.9. The third-order valence-electron chi connectivity index (χ3n) is 3.75. The summed E-state index contributed by atoms with van der Waals surface area (Å²) in [6.07, 6.45) is 0. The maximum atomic E-state index is 12.3. The molecule has 1 unspecified atom stereocenters. The number of carbonyl (C=O) groups excluding carboxylic acids is 2. The number of halogens is 1. The molecule has 0 saturated carbocycles.